The summed E-state index contributed by atoms with van der Waals surface area (Å²) >= 11 is 0. The van der Waals surface area contributed by atoms with Crippen molar-refractivity contribution < 1.29 is 14.3 Å². The molecule has 6 nitrogen and oxygen atoms in total. The fraction of sp³-hybridized carbons (Fsp3) is 0.364. The molecule has 0 unspecified atom stereocenters. The summed E-state index contributed by atoms with van der Waals surface area (Å²) in [6.45, 7) is 5.53. The second-order valence-corrected chi connectivity index (χ2v) is 6.70. The number of amides is 2. The fourth-order valence-corrected chi connectivity index (χ4v) is 2.78. The molecule has 150 valence electrons. The Hall–Kier alpha value is -2.86. The van der Waals surface area contributed by atoms with Crippen molar-refractivity contribution in [2.24, 2.45) is 0 Å². The highest BCUT2D eigenvalue weighted by Gasteiger charge is 2.14. The van der Waals surface area contributed by atoms with Crippen LogP contribution in [0, 0.1) is 0 Å². The molecule has 0 aliphatic heterocycles. The lowest BCUT2D eigenvalue weighted by atomic mass is 10.0. The van der Waals surface area contributed by atoms with Crippen LogP contribution in [0.25, 0.3) is 0 Å². The fourth-order valence-electron chi connectivity index (χ4n) is 2.78. The molecule has 2 amide bonds. The molecule has 0 radical (unpaired) electrons. The molecule has 0 fully saturated rings. The van der Waals surface area contributed by atoms with Crippen LogP contribution >= 0.6 is 0 Å². The van der Waals surface area contributed by atoms with Crippen molar-refractivity contribution in [3.05, 3.63) is 60.2 Å². The number of hydrogen-bond donors (Lipinski definition) is 2. The maximum absolute atomic E-state index is 12.3. The van der Waals surface area contributed by atoms with E-state index in [1.54, 1.807) is 36.3 Å². The topological polar surface area (TPSA) is 70.7 Å². The van der Waals surface area contributed by atoms with Crippen LogP contribution in [0.2, 0.25) is 0 Å². The summed E-state index contributed by atoms with van der Waals surface area (Å²) in [4.78, 5) is 26.3. The average Bonchev–Trinajstić information content (AvgIpc) is 2.72. The molecule has 0 saturated heterocycles. The Morgan fingerprint density at radius 2 is 1.64 bits per heavy atom. The van der Waals surface area contributed by atoms with E-state index in [1.807, 2.05) is 25.1 Å². The van der Waals surface area contributed by atoms with Gasteiger partial charge in [0.25, 0.3) is 0 Å². The van der Waals surface area contributed by atoms with Gasteiger partial charge in [-0.15, -0.1) is 0 Å². The molecule has 0 aliphatic rings. The monoisotopic (exact) mass is 383 g/mol. The van der Waals surface area contributed by atoms with Crippen molar-refractivity contribution in [3.63, 3.8) is 0 Å². The van der Waals surface area contributed by atoms with Crippen molar-refractivity contribution >= 4 is 17.5 Å². The Kier molecular flexibility index (Phi) is 8.49. The Bertz CT molecular complexity index is 747. The number of methoxy groups -OCH3 is 1. The summed E-state index contributed by atoms with van der Waals surface area (Å²) in [5.74, 6) is 0.729. The maximum atomic E-state index is 12.3. The molecule has 2 rings (SSSR count). The molecule has 0 heterocycles. The first kappa shape index (κ1) is 21.4. The SMILES string of the molecule is CCN(CC(=O)NC[C@@H](C)c1ccccc1)CC(=O)Nc1ccc(OC)cc1. The molecule has 0 saturated carbocycles. The predicted octanol–water partition coefficient (Wildman–Crippen LogP) is 2.88. The highest BCUT2D eigenvalue weighted by Crippen LogP contribution is 2.15. The molecule has 2 aromatic rings. The Morgan fingerprint density at radius 1 is 1.00 bits per heavy atom. The molecule has 0 aromatic heterocycles. The Labute approximate surface area is 166 Å². The van der Waals surface area contributed by atoms with E-state index in [-0.39, 0.29) is 30.8 Å². The number of anilines is 1. The van der Waals surface area contributed by atoms with Crippen LogP contribution in [0.15, 0.2) is 54.6 Å². The van der Waals surface area contributed by atoms with Crippen molar-refractivity contribution in [3.8, 4) is 5.75 Å². The van der Waals surface area contributed by atoms with Crippen LogP contribution in [-0.4, -0.2) is 50.0 Å². The van der Waals surface area contributed by atoms with Gasteiger partial charge in [0.05, 0.1) is 20.2 Å². The van der Waals surface area contributed by atoms with E-state index >= 15 is 0 Å². The van der Waals surface area contributed by atoms with Crippen molar-refractivity contribution in [2.45, 2.75) is 19.8 Å². The summed E-state index contributed by atoms with van der Waals surface area (Å²) in [6.07, 6.45) is 0. The largest absolute Gasteiger partial charge is 0.497 e. The van der Waals surface area contributed by atoms with Gasteiger partial charge in [-0.2, -0.15) is 0 Å². The summed E-state index contributed by atoms with van der Waals surface area (Å²) in [5, 5.41) is 5.79. The van der Waals surface area contributed by atoms with Gasteiger partial charge in [0.1, 0.15) is 5.75 Å². The summed E-state index contributed by atoms with van der Waals surface area (Å²) < 4.78 is 5.10. The highest BCUT2D eigenvalue weighted by atomic mass is 16.5. The molecule has 0 bridgehead atoms. The molecular formula is C22H29N3O3. The molecule has 2 N–H and O–H groups in total. The summed E-state index contributed by atoms with van der Waals surface area (Å²) in [6, 6.07) is 17.2. The minimum absolute atomic E-state index is 0.0816. The molecule has 28 heavy (non-hydrogen) atoms. The zero-order valence-electron chi connectivity index (χ0n) is 16.8. The van der Waals surface area contributed by atoms with Gasteiger partial charge in [0, 0.05) is 12.2 Å². The first-order valence-corrected chi connectivity index (χ1v) is 9.49. The number of rotatable bonds is 10. The molecular weight excluding hydrogens is 354 g/mol. The summed E-state index contributed by atoms with van der Waals surface area (Å²) in [5.41, 5.74) is 1.89. The lowest BCUT2D eigenvalue weighted by molar-refractivity contribution is -0.123. The van der Waals surface area contributed by atoms with Crippen LogP contribution in [-0.2, 0) is 9.59 Å². The van der Waals surface area contributed by atoms with Gasteiger partial charge in [0.2, 0.25) is 11.8 Å². The zero-order chi connectivity index (χ0) is 20.4. The molecule has 2 aromatic carbocycles. The number of ether oxygens (including phenoxy) is 1. The van der Waals surface area contributed by atoms with Gasteiger partial charge >= 0.3 is 0 Å². The first-order chi connectivity index (χ1) is 13.5. The van der Waals surface area contributed by atoms with Crippen molar-refractivity contribution in [1.29, 1.82) is 0 Å². The van der Waals surface area contributed by atoms with Gasteiger partial charge in [-0.05, 0) is 42.3 Å². The first-order valence-electron chi connectivity index (χ1n) is 9.49. The van der Waals surface area contributed by atoms with E-state index in [0.29, 0.717) is 18.8 Å². The molecule has 6 heteroatoms. The van der Waals surface area contributed by atoms with Gasteiger partial charge < -0.3 is 15.4 Å². The third-order valence-corrected chi connectivity index (χ3v) is 4.53. The maximum Gasteiger partial charge on any atom is 0.238 e. The normalized spacial score (nSPS) is 11.7. The molecule has 1 atom stereocenters. The third-order valence-electron chi connectivity index (χ3n) is 4.53. The smallest absolute Gasteiger partial charge is 0.238 e. The van der Waals surface area contributed by atoms with Crippen LogP contribution in [0.1, 0.15) is 25.3 Å². The standard InChI is InChI=1S/C22H29N3O3/c1-4-25(16-22(27)24-19-10-12-20(28-3)13-11-19)15-21(26)23-14-17(2)18-8-6-5-7-9-18/h5-13,17H,4,14-16H2,1-3H3,(H,23,26)(H,24,27)/t17-/m1/s1. The second-order valence-electron chi connectivity index (χ2n) is 6.70. The summed E-state index contributed by atoms with van der Waals surface area (Å²) in [7, 11) is 1.60. The minimum Gasteiger partial charge on any atom is -0.497 e. The van der Waals surface area contributed by atoms with Crippen LogP contribution in [0.3, 0.4) is 0 Å². The highest BCUT2D eigenvalue weighted by molar-refractivity contribution is 5.92. The molecule has 0 spiro atoms. The van der Waals surface area contributed by atoms with Gasteiger partial charge in [-0.1, -0.05) is 44.2 Å². The Morgan fingerprint density at radius 3 is 2.25 bits per heavy atom. The molecule has 0 aliphatic carbocycles. The van der Waals surface area contributed by atoms with E-state index in [0.717, 1.165) is 5.75 Å². The number of carbonyl (C=O) groups excluding carboxylic acids is 2. The number of benzene rings is 2. The third kappa shape index (κ3) is 7.04. The zero-order valence-corrected chi connectivity index (χ0v) is 16.8. The van der Waals surface area contributed by atoms with Gasteiger partial charge in [0.15, 0.2) is 0 Å². The Balaban J connectivity index is 1.77. The number of carbonyl (C=O) groups is 2. The average molecular weight is 383 g/mol. The lowest BCUT2D eigenvalue weighted by Crippen LogP contribution is -2.41. The second kappa shape index (κ2) is 11.1. The van der Waals surface area contributed by atoms with Gasteiger partial charge in [-0.3, -0.25) is 14.5 Å². The predicted molar refractivity (Wildman–Crippen MR) is 112 cm³/mol. The van der Waals surface area contributed by atoms with Crippen LogP contribution in [0.5, 0.6) is 5.75 Å². The number of likely N-dealkylation sites (N-methyl/N-ethyl adjacent to an activating group) is 1. The van der Waals surface area contributed by atoms with E-state index < -0.39 is 0 Å². The van der Waals surface area contributed by atoms with E-state index in [2.05, 4.69) is 29.7 Å². The van der Waals surface area contributed by atoms with Crippen LogP contribution < -0.4 is 15.4 Å². The van der Waals surface area contributed by atoms with E-state index in [4.69, 9.17) is 4.74 Å². The van der Waals surface area contributed by atoms with E-state index in [9.17, 15) is 9.59 Å². The van der Waals surface area contributed by atoms with E-state index in [1.165, 1.54) is 5.56 Å². The quantitative estimate of drug-likeness (QED) is 0.662. The number of hydrogen-bond acceptors (Lipinski definition) is 4. The lowest BCUT2D eigenvalue weighted by Gasteiger charge is -2.20. The number of nitrogens with one attached hydrogen (secondary N) is 2. The van der Waals surface area contributed by atoms with Crippen molar-refractivity contribution in [1.82, 2.24) is 10.2 Å². The van der Waals surface area contributed by atoms with Gasteiger partial charge in [-0.25, -0.2) is 0 Å². The van der Waals surface area contributed by atoms with Crippen molar-refractivity contribution in [2.75, 3.05) is 38.6 Å². The number of nitrogens with zero attached hydrogens (tertiary/aromatic N) is 1. The minimum atomic E-state index is -0.155. The van der Waals surface area contributed by atoms with Crippen LogP contribution in [0.4, 0.5) is 5.69 Å².